The fraction of sp³-hybridized carbons (Fsp3) is 0.118. The fourth-order valence-electron chi connectivity index (χ4n) is 2.77. The van der Waals surface area contributed by atoms with Crippen molar-refractivity contribution in [2.45, 2.75) is 13.0 Å². The van der Waals surface area contributed by atoms with Crippen molar-refractivity contribution in [3.8, 4) is 5.88 Å². The topological polar surface area (TPSA) is 47.9 Å². The Labute approximate surface area is 130 Å². The number of hydrogen-bond donors (Lipinski definition) is 0. The van der Waals surface area contributed by atoms with Gasteiger partial charge in [-0.2, -0.15) is 8.78 Å². The minimum Gasteiger partial charge on any atom is -0.417 e. The molecule has 1 aliphatic rings. The van der Waals surface area contributed by atoms with Crippen molar-refractivity contribution in [2.75, 3.05) is 0 Å². The lowest BCUT2D eigenvalue weighted by molar-refractivity contribution is -0.0529. The van der Waals surface area contributed by atoms with Crippen molar-refractivity contribution in [1.29, 1.82) is 0 Å². The molecule has 0 spiro atoms. The van der Waals surface area contributed by atoms with Gasteiger partial charge in [0.25, 0.3) is 0 Å². The molecule has 0 amide bonds. The predicted octanol–water partition coefficient (Wildman–Crippen LogP) is 3.61. The van der Waals surface area contributed by atoms with Crippen molar-refractivity contribution in [2.24, 2.45) is 0 Å². The van der Waals surface area contributed by atoms with Gasteiger partial charge in [0.2, 0.25) is 5.88 Å². The summed E-state index contributed by atoms with van der Waals surface area (Å²) in [5, 5.41) is 0.949. The Kier molecular flexibility index (Phi) is 3.22. The number of rotatable bonds is 3. The molecule has 4 rings (SSSR count). The Hall–Kier alpha value is -2.89. The van der Waals surface area contributed by atoms with Crippen molar-refractivity contribution >= 4 is 16.5 Å². The van der Waals surface area contributed by atoms with E-state index in [9.17, 15) is 8.78 Å². The average Bonchev–Trinajstić information content (AvgIpc) is 2.97. The lowest BCUT2D eigenvalue weighted by Gasteiger charge is -2.09. The molecule has 0 fully saturated rings. The van der Waals surface area contributed by atoms with E-state index in [1.54, 1.807) is 12.3 Å². The standard InChI is InChI=1S/C17H11F2N3O/c18-17(19)23-16-6-3-13-12(2-5-15(13)22-16)10-1-4-14-11(7-10)8-20-9-21-14/h1-4,6-9,17H,5H2. The summed E-state index contributed by atoms with van der Waals surface area (Å²) in [5.41, 5.74) is 4.60. The molecule has 0 atom stereocenters. The molecule has 2 aromatic heterocycles. The van der Waals surface area contributed by atoms with Gasteiger partial charge in [0.15, 0.2) is 0 Å². The number of ether oxygens (including phenoxy) is 1. The monoisotopic (exact) mass is 311 g/mol. The molecular weight excluding hydrogens is 300 g/mol. The van der Waals surface area contributed by atoms with Crippen LogP contribution in [-0.4, -0.2) is 21.6 Å². The van der Waals surface area contributed by atoms with E-state index in [1.807, 2.05) is 24.3 Å². The number of alkyl halides is 2. The minimum absolute atomic E-state index is 0.0553. The average molecular weight is 311 g/mol. The normalized spacial score (nSPS) is 13.3. The molecule has 0 saturated heterocycles. The summed E-state index contributed by atoms with van der Waals surface area (Å²) in [6.07, 6.45) is 5.91. The van der Waals surface area contributed by atoms with E-state index >= 15 is 0 Å². The van der Waals surface area contributed by atoms with Crippen LogP contribution in [0.3, 0.4) is 0 Å². The van der Waals surface area contributed by atoms with Crippen molar-refractivity contribution in [1.82, 2.24) is 15.0 Å². The molecule has 0 radical (unpaired) electrons. The highest BCUT2D eigenvalue weighted by molar-refractivity contribution is 5.89. The molecule has 0 aliphatic heterocycles. The lowest BCUT2D eigenvalue weighted by Crippen LogP contribution is -2.04. The van der Waals surface area contributed by atoms with Gasteiger partial charge in [-0.05, 0) is 29.3 Å². The Morgan fingerprint density at radius 1 is 1.13 bits per heavy atom. The number of fused-ring (bicyclic) bond motifs is 2. The SMILES string of the molecule is FC(F)Oc1ccc2c(n1)CC=C2c1ccc2ncncc2c1. The molecule has 4 nitrogen and oxygen atoms in total. The number of hydrogen-bond acceptors (Lipinski definition) is 4. The molecule has 1 aromatic carbocycles. The van der Waals surface area contributed by atoms with Crippen LogP contribution in [0, 0.1) is 0 Å². The van der Waals surface area contributed by atoms with Crippen molar-refractivity contribution in [3.63, 3.8) is 0 Å². The Bertz CT molecular complexity index is 925. The van der Waals surface area contributed by atoms with Crippen LogP contribution in [0.1, 0.15) is 16.8 Å². The van der Waals surface area contributed by atoms with E-state index in [2.05, 4.69) is 19.7 Å². The largest absolute Gasteiger partial charge is 0.417 e. The van der Waals surface area contributed by atoms with Gasteiger partial charge in [0.05, 0.1) is 11.2 Å². The van der Waals surface area contributed by atoms with Crippen LogP contribution in [0.5, 0.6) is 5.88 Å². The summed E-state index contributed by atoms with van der Waals surface area (Å²) in [6.45, 7) is -2.87. The van der Waals surface area contributed by atoms with Gasteiger partial charge in [-0.25, -0.2) is 15.0 Å². The fourth-order valence-corrected chi connectivity index (χ4v) is 2.77. The molecule has 0 bridgehead atoms. The highest BCUT2D eigenvalue weighted by atomic mass is 19.3. The highest BCUT2D eigenvalue weighted by Crippen LogP contribution is 2.34. The van der Waals surface area contributed by atoms with E-state index in [1.165, 1.54) is 12.4 Å². The second kappa shape index (κ2) is 5.39. The van der Waals surface area contributed by atoms with Crippen LogP contribution in [0.25, 0.3) is 16.5 Å². The van der Waals surface area contributed by atoms with Crippen LogP contribution >= 0.6 is 0 Å². The molecule has 114 valence electrons. The molecule has 1 aliphatic carbocycles. The van der Waals surface area contributed by atoms with Gasteiger partial charge < -0.3 is 4.74 Å². The van der Waals surface area contributed by atoms with Gasteiger partial charge >= 0.3 is 6.61 Å². The second-order valence-corrected chi connectivity index (χ2v) is 5.14. The number of benzene rings is 1. The van der Waals surface area contributed by atoms with Crippen LogP contribution in [0.4, 0.5) is 8.78 Å². The quantitative estimate of drug-likeness (QED) is 0.741. The van der Waals surface area contributed by atoms with Gasteiger partial charge in [-0.15, -0.1) is 0 Å². The minimum atomic E-state index is -2.87. The molecule has 0 saturated carbocycles. The maximum Gasteiger partial charge on any atom is 0.388 e. The van der Waals surface area contributed by atoms with E-state index in [-0.39, 0.29) is 5.88 Å². The number of allylic oxidation sites excluding steroid dienone is 1. The lowest BCUT2D eigenvalue weighted by atomic mass is 10.00. The number of nitrogens with zero attached hydrogens (tertiary/aromatic N) is 3. The summed E-state index contributed by atoms with van der Waals surface area (Å²) < 4.78 is 28.9. The summed E-state index contributed by atoms with van der Waals surface area (Å²) in [7, 11) is 0. The first-order valence-corrected chi connectivity index (χ1v) is 7.06. The van der Waals surface area contributed by atoms with E-state index < -0.39 is 6.61 Å². The van der Waals surface area contributed by atoms with E-state index in [0.717, 1.165) is 33.3 Å². The third-order valence-corrected chi connectivity index (χ3v) is 3.76. The first-order valence-electron chi connectivity index (χ1n) is 7.06. The smallest absolute Gasteiger partial charge is 0.388 e. The first-order chi connectivity index (χ1) is 11.2. The summed E-state index contributed by atoms with van der Waals surface area (Å²) >= 11 is 0. The van der Waals surface area contributed by atoms with Crippen molar-refractivity contribution in [3.05, 3.63) is 65.8 Å². The zero-order valence-corrected chi connectivity index (χ0v) is 11.9. The molecule has 0 unspecified atom stereocenters. The second-order valence-electron chi connectivity index (χ2n) is 5.14. The number of aromatic nitrogens is 3. The van der Waals surface area contributed by atoms with Crippen LogP contribution in [-0.2, 0) is 6.42 Å². The number of halogens is 2. The maximum atomic E-state index is 12.3. The van der Waals surface area contributed by atoms with Gasteiger partial charge in [0, 0.05) is 29.6 Å². The zero-order valence-electron chi connectivity index (χ0n) is 11.9. The molecular formula is C17H11F2N3O. The summed E-state index contributed by atoms with van der Waals surface area (Å²) in [4.78, 5) is 12.4. The van der Waals surface area contributed by atoms with E-state index in [0.29, 0.717) is 6.42 Å². The first kappa shape index (κ1) is 13.8. The molecule has 23 heavy (non-hydrogen) atoms. The van der Waals surface area contributed by atoms with Gasteiger partial charge in [-0.3, -0.25) is 0 Å². The molecule has 0 N–H and O–H groups in total. The van der Waals surface area contributed by atoms with Crippen LogP contribution in [0.2, 0.25) is 0 Å². The van der Waals surface area contributed by atoms with Crippen LogP contribution in [0.15, 0.2) is 48.9 Å². The Morgan fingerprint density at radius 2 is 2.04 bits per heavy atom. The maximum absolute atomic E-state index is 12.3. The zero-order chi connectivity index (χ0) is 15.8. The summed E-state index contributed by atoms with van der Waals surface area (Å²) in [5.74, 6) is -0.0553. The predicted molar refractivity (Wildman–Crippen MR) is 81.2 cm³/mol. The van der Waals surface area contributed by atoms with Crippen molar-refractivity contribution < 1.29 is 13.5 Å². The molecule has 6 heteroatoms. The third kappa shape index (κ3) is 2.52. The molecule has 3 aromatic rings. The Balaban J connectivity index is 1.71. The third-order valence-electron chi connectivity index (χ3n) is 3.76. The van der Waals surface area contributed by atoms with Crippen LogP contribution < -0.4 is 4.74 Å². The van der Waals surface area contributed by atoms with E-state index in [4.69, 9.17) is 0 Å². The highest BCUT2D eigenvalue weighted by Gasteiger charge is 2.19. The number of pyridine rings is 1. The van der Waals surface area contributed by atoms with Gasteiger partial charge in [0.1, 0.15) is 6.33 Å². The Morgan fingerprint density at radius 3 is 2.91 bits per heavy atom. The summed E-state index contributed by atoms with van der Waals surface area (Å²) in [6, 6.07) is 9.17. The van der Waals surface area contributed by atoms with Gasteiger partial charge in [-0.1, -0.05) is 12.1 Å². The molecule has 2 heterocycles.